The molecule has 112 valence electrons. The summed E-state index contributed by atoms with van der Waals surface area (Å²) in [6.45, 7) is 4.19. The Morgan fingerprint density at radius 2 is 1.60 bits per heavy atom. The molecule has 0 unspecified atom stereocenters. The molecule has 0 N–H and O–H groups in total. The summed E-state index contributed by atoms with van der Waals surface area (Å²) in [6.07, 6.45) is 5.68. The Labute approximate surface area is 122 Å². The maximum atomic E-state index is 12.0. The highest BCUT2D eigenvalue weighted by atomic mass is 32.2. The lowest BCUT2D eigenvalue weighted by Gasteiger charge is -2.06. The molecular weight excluding hydrogens is 274 g/mol. The van der Waals surface area contributed by atoms with Crippen molar-refractivity contribution in [2.24, 2.45) is 5.16 Å². The van der Waals surface area contributed by atoms with Crippen molar-refractivity contribution in [2.75, 3.05) is 0 Å². The fourth-order valence-corrected chi connectivity index (χ4v) is 2.49. The molecule has 0 spiro atoms. The minimum atomic E-state index is -3.79. The average Bonchev–Trinajstić information content (AvgIpc) is 2.47. The second-order valence-corrected chi connectivity index (χ2v) is 6.24. The van der Waals surface area contributed by atoms with Crippen molar-refractivity contribution in [3.05, 3.63) is 30.3 Å². The van der Waals surface area contributed by atoms with Gasteiger partial charge in [-0.25, -0.2) is 0 Å². The second-order valence-electron chi connectivity index (χ2n) is 4.71. The number of hydrogen-bond donors (Lipinski definition) is 0. The van der Waals surface area contributed by atoms with Crippen LogP contribution in [0.3, 0.4) is 0 Å². The van der Waals surface area contributed by atoms with Gasteiger partial charge in [0, 0.05) is 0 Å². The van der Waals surface area contributed by atoms with Gasteiger partial charge in [0.05, 0.1) is 5.71 Å². The Bertz CT molecular complexity index is 499. The van der Waals surface area contributed by atoms with Crippen LogP contribution < -0.4 is 0 Å². The third kappa shape index (κ3) is 5.74. The van der Waals surface area contributed by atoms with Gasteiger partial charge in [-0.1, -0.05) is 50.0 Å². The van der Waals surface area contributed by atoms with E-state index in [-0.39, 0.29) is 4.90 Å². The highest BCUT2D eigenvalue weighted by molar-refractivity contribution is 7.86. The van der Waals surface area contributed by atoms with Gasteiger partial charge in [-0.05, 0) is 37.8 Å². The minimum absolute atomic E-state index is 0.133. The lowest BCUT2D eigenvalue weighted by atomic mass is 10.1. The Hall–Kier alpha value is -1.36. The fourth-order valence-electron chi connectivity index (χ4n) is 1.71. The summed E-state index contributed by atoms with van der Waals surface area (Å²) in [7, 11) is -3.79. The molecular formula is C15H23NO3S. The van der Waals surface area contributed by atoms with Gasteiger partial charge in [-0.3, -0.25) is 4.28 Å². The molecule has 0 aliphatic carbocycles. The van der Waals surface area contributed by atoms with Crippen molar-refractivity contribution >= 4 is 15.8 Å². The number of hydrogen-bond acceptors (Lipinski definition) is 4. The Balaban J connectivity index is 2.74. The average molecular weight is 297 g/mol. The molecule has 1 aromatic rings. The van der Waals surface area contributed by atoms with Crippen LogP contribution in [0.4, 0.5) is 0 Å². The Morgan fingerprint density at radius 1 is 1.05 bits per heavy atom. The van der Waals surface area contributed by atoms with Gasteiger partial charge in [0.1, 0.15) is 4.90 Å². The molecule has 0 bridgehead atoms. The van der Waals surface area contributed by atoms with Gasteiger partial charge >= 0.3 is 10.1 Å². The van der Waals surface area contributed by atoms with Crippen molar-refractivity contribution in [2.45, 2.75) is 57.3 Å². The molecule has 0 aromatic heterocycles. The maximum Gasteiger partial charge on any atom is 0.358 e. The van der Waals surface area contributed by atoms with Gasteiger partial charge in [-0.2, -0.15) is 8.42 Å². The molecule has 0 atom stereocenters. The predicted molar refractivity (Wildman–Crippen MR) is 81.2 cm³/mol. The molecule has 5 heteroatoms. The van der Waals surface area contributed by atoms with Crippen LogP contribution in [0.15, 0.2) is 40.4 Å². The van der Waals surface area contributed by atoms with E-state index in [1.807, 2.05) is 0 Å². The van der Waals surface area contributed by atoms with E-state index in [1.165, 1.54) is 12.1 Å². The lowest BCUT2D eigenvalue weighted by molar-refractivity contribution is 0.336. The second kappa shape index (κ2) is 8.74. The van der Waals surface area contributed by atoms with Gasteiger partial charge in [0.15, 0.2) is 0 Å². The summed E-state index contributed by atoms with van der Waals surface area (Å²) in [5.41, 5.74) is 0.827. The summed E-state index contributed by atoms with van der Waals surface area (Å²) in [4.78, 5) is 0.133. The quantitative estimate of drug-likeness (QED) is 0.508. The first-order valence-electron chi connectivity index (χ1n) is 7.14. The first-order chi connectivity index (χ1) is 9.60. The molecule has 20 heavy (non-hydrogen) atoms. The normalized spacial score (nSPS) is 11.1. The lowest BCUT2D eigenvalue weighted by Crippen LogP contribution is -2.06. The van der Waals surface area contributed by atoms with Gasteiger partial charge in [0.25, 0.3) is 0 Å². The fraction of sp³-hybridized carbons (Fsp3) is 0.533. The summed E-state index contributed by atoms with van der Waals surface area (Å²) in [5.74, 6) is 0. The van der Waals surface area contributed by atoms with E-state index in [1.54, 1.807) is 18.2 Å². The monoisotopic (exact) mass is 297 g/mol. The zero-order valence-corrected chi connectivity index (χ0v) is 13.0. The predicted octanol–water partition coefficient (Wildman–Crippen LogP) is 4.13. The largest absolute Gasteiger partial charge is 0.358 e. The van der Waals surface area contributed by atoms with Gasteiger partial charge in [-0.15, -0.1) is 0 Å². The van der Waals surface area contributed by atoms with Crippen LogP contribution in [0.1, 0.15) is 52.4 Å². The van der Waals surface area contributed by atoms with Crippen LogP contribution in [0, 0.1) is 0 Å². The molecule has 0 aliphatic rings. The summed E-state index contributed by atoms with van der Waals surface area (Å²) in [6, 6.07) is 8.09. The third-order valence-electron chi connectivity index (χ3n) is 2.93. The molecule has 0 amide bonds. The van der Waals surface area contributed by atoms with Crippen molar-refractivity contribution in [1.29, 1.82) is 0 Å². The molecule has 0 saturated heterocycles. The van der Waals surface area contributed by atoms with Crippen LogP contribution in [0.2, 0.25) is 0 Å². The highest BCUT2D eigenvalue weighted by Gasteiger charge is 2.15. The first kappa shape index (κ1) is 16.7. The molecule has 0 aliphatic heterocycles. The summed E-state index contributed by atoms with van der Waals surface area (Å²) < 4.78 is 28.7. The number of nitrogens with zero attached hydrogens (tertiary/aromatic N) is 1. The van der Waals surface area contributed by atoms with E-state index in [0.29, 0.717) is 0 Å². The number of benzene rings is 1. The van der Waals surface area contributed by atoms with Crippen molar-refractivity contribution in [3.8, 4) is 0 Å². The van der Waals surface area contributed by atoms with E-state index in [2.05, 4.69) is 19.0 Å². The Kier molecular flexibility index (Phi) is 7.30. The SMILES string of the molecule is CCCCC(CCCC)=NOS(=O)(=O)c1ccccc1. The highest BCUT2D eigenvalue weighted by Crippen LogP contribution is 2.13. The van der Waals surface area contributed by atoms with Gasteiger partial charge in [0.2, 0.25) is 0 Å². The molecule has 4 nitrogen and oxygen atoms in total. The van der Waals surface area contributed by atoms with Crippen LogP contribution in [-0.2, 0) is 14.4 Å². The summed E-state index contributed by atoms with van der Waals surface area (Å²) in [5, 5.41) is 3.88. The standard InChI is InChI=1S/C15H23NO3S/c1-3-5-10-14(11-6-4-2)16-19-20(17,18)15-12-8-7-9-13-15/h7-9,12-13H,3-6,10-11H2,1-2H3. The summed E-state index contributed by atoms with van der Waals surface area (Å²) >= 11 is 0. The van der Waals surface area contributed by atoms with E-state index in [9.17, 15) is 8.42 Å². The molecule has 1 aromatic carbocycles. The third-order valence-corrected chi connectivity index (χ3v) is 4.05. The smallest absolute Gasteiger partial charge is 0.265 e. The van der Waals surface area contributed by atoms with E-state index in [0.717, 1.165) is 44.2 Å². The molecule has 1 rings (SSSR count). The molecule has 0 heterocycles. The van der Waals surface area contributed by atoms with Crippen LogP contribution in [0.5, 0.6) is 0 Å². The topological polar surface area (TPSA) is 55.7 Å². The Morgan fingerprint density at radius 3 is 2.10 bits per heavy atom. The number of rotatable bonds is 9. The minimum Gasteiger partial charge on any atom is -0.265 e. The van der Waals surface area contributed by atoms with Crippen LogP contribution in [0.25, 0.3) is 0 Å². The molecule has 0 saturated carbocycles. The van der Waals surface area contributed by atoms with Crippen molar-refractivity contribution < 1.29 is 12.7 Å². The molecule has 0 radical (unpaired) electrons. The number of unbranched alkanes of at least 4 members (excludes halogenated alkanes) is 2. The van der Waals surface area contributed by atoms with E-state index < -0.39 is 10.1 Å². The number of oxime groups is 1. The van der Waals surface area contributed by atoms with Crippen molar-refractivity contribution in [1.82, 2.24) is 0 Å². The zero-order chi connectivity index (χ0) is 14.8. The van der Waals surface area contributed by atoms with Crippen LogP contribution >= 0.6 is 0 Å². The zero-order valence-electron chi connectivity index (χ0n) is 12.2. The van der Waals surface area contributed by atoms with E-state index >= 15 is 0 Å². The van der Waals surface area contributed by atoms with E-state index in [4.69, 9.17) is 4.28 Å². The molecule has 0 fully saturated rings. The maximum absolute atomic E-state index is 12.0. The van der Waals surface area contributed by atoms with Crippen LogP contribution in [-0.4, -0.2) is 14.1 Å². The first-order valence-corrected chi connectivity index (χ1v) is 8.55. The van der Waals surface area contributed by atoms with Gasteiger partial charge < -0.3 is 0 Å². The van der Waals surface area contributed by atoms with Crippen molar-refractivity contribution in [3.63, 3.8) is 0 Å².